The number of aromatic nitrogens is 3. The SMILES string of the molecule is COc1cc2c(cc1-c1n[nH]nc1C(N)=O)OCO2. The van der Waals surface area contributed by atoms with Crippen molar-refractivity contribution < 1.29 is 19.0 Å². The van der Waals surface area contributed by atoms with E-state index in [9.17, 15) is 4.79 Å². The highest BCUT2D eigenvalue weighted by Gasteiger charge is 2.23. The number of nitrogens with one attached hydrogen (secondary N) is 1. The molecule has 19 heavy (non-hydrogen) atoms. The first-order chi connectivity index (χ1) is 9.20. The van der Waals surface area contributed by atoms with Gasteiger partial charge in [-0.2, -0.15) is 15.4 Å². The molecular weight excluding hydrogens is 252 g/mol. The molecule has 1 amide bonds. The highest BCUT2D eigenvalue weighted by molar-refractivity contribution is 5.97. The number of benzene rings is 1. The fourth-order valence-corrected chi connectivity index (χ4v) is 1.87. The third-order valence-corrected chi connectivity index (χ3v) is 2.73. The van der Waals surface area contributed by atoms with Crippen LogP contribution in [0.1, 0.15) is 10.5 Å². The van der Waals surface area contributed by atoms with Crippen molar-refractivity contribution in [2.75, 3.05) is 13.9 Å². The number of hydrogen-bond donors (Lipinski definition) is 2. The molecule has 0 unspecified atom stereocenters. The van der Waals surface area contributed by atoms with Crippen molar-refractivity contribution in [3.05, 3.63) is 17.8 Å². The maximum absolute atomic E-state index is 11.3. The van der Waals surface area contributed by atoms with E-state index < -0.39 is 5.91 Å². The van der Waals surface area contributed by atoms with Gasteiger partial charge in [-0.1, -0.05) is 0 Å². The number of rotatable bonds is 3. The lowest BCUT2D eigenvalue weighted by molar-refractivity contribution is 0.0996. The van der Waals surface area contributed by atoms with Crippen molar-refractivity contribution in [2.45, 2.75) is 0 Å². The number of amides is 1. The molecule has 8 heteroatoms. The number of nitrogens with zero attached hydrogens (tertiary/aromatic N) is 2. The van der Waals surface area contributed by atoms with Gasteiger partial charge in [0, 0.05) is 6.07 Å². The largest absolute Gasteiger partial charge is 0.496 e. The van der Waals surface area contributed by atoms with Gasteiger partial charge < -0.3 is 19.9 Å². The summed E-state index contributed by atoms with van der Waals surface area (Å²) < 4.78 is 15.8. The molecule has 2 aromatic rings. The maximum atomic E-state index is 11.3. The van der Waals surface area contributed by atoms with Crippen LogP contribution in [0, 0.1) is 0 Å². The van der Waals surface area contributed by atoms with Crippen LogP contribution in [0.4, 0.5) is 0 Å². The number of hydrogen-bond acceptors (Lipinski definition) is 6. The van der Waals surface area contributed by atoms with Crippen molar-refractivity contribution in [1.29, 1.82) is 0 Å². The standard InChI is InChI=1S/C11H10N4O4/c1-17-6-3-8-7(18-4-19-8)2-5(6)9-10(11(12)16)14-15-13-9/h2-3H,4H2,1H3,(H2,12,16)(H,13,14,15). The molecule has 98 valence electrons. The highest BCUT2D eigenvalue weighted by atomic mass is 16.7. The zero-order valence-corrected chi connectivity index (χ0v) is 9.97. The molecular formula is C11H10N4O4. The van der Waals surface area contributed by atoms with Crippen LogP contribution >= 0.6 is 0 Å². The van der Waals surface area contributed by atoms with Crippen LogP contribution in [0.25, 0.3) is 11.3 Å². The van der Waals surface area contributed by atoms with Crippen LogP contribution in [-0.2, 0) is 0 Å². The Bertz CT molecular complexity index is 652. The van der Waals surface area contributed by atoms with Crippen LogP contribution in [0.2, 0.25) is 0 Å². The number of ether oxygens (including phenoxy) is 3. The molecule has 1 aromatic carbocycles. The summed E-state index contributed by atoms with van der Waals surface area (Å²) in [6.45, 7) is 0.142. The quantitative estimate of drug-likeness (QED) is 0.823. The molecule has 1 aliphatic rings. The Morgan fingerprint density at radius 2 is 2.11 bits per heavy atom. The van der Waals surface area contributed by atoms with E-state index in [0.717, 1.165) is 0 Å². The second-order valence-electron chi connectivity index (χ2n) is 3.79. The Morgan fingerprint density at radius 1 is 1.37 bits per heavy atom. The zero-order valence-electron chi connectivity index (χ0n) is 9.97. The lowest BCUT2D eigenvalue weighted by Crippen LogP contribution is -2.12. The van der Waals surface area contributed by atoms with Crippen molar-refractivity contribution in [2.24, 2.45) is 5.73 Å². The summed E-state index contributed by atoms with van der Waals surface area (Å²) in [7, 11) is 1.51. The molecule has 3 N–H and O–H groups in total. The fraction of sp³-hybridized carbons (Fsp3) is 0.182. The van der Waals surface area contributed by atoms with Crippen LogP contribution in [0.3, 0.4) is 0 Å². The molecule has 8 nitrogen and oxygen atoms in total. The van der Waals surface area contributed by atoms with E-state index in [0.29, 0.717) is 28.5 Å². The number of carbonyl (C=O) groups excluding carboxylic acids is 1. The summed E-state index contributed by atoms with van der Waals surface area (Å²) in [6, 6.07) is 3.34. The molecule has 1 aromatic heterocycles. The van der Waals surface area contributed by atoms with Gasteiger partial charge in [0.05, 0.1) is 12.7 Å². The zero-order chi connectivity index (χ0) is 13.4. The smallest absolute Gasteiger partial charge is 0.271 e. The number of nitrogens with two attached hydrogens (primary N) is 1. The molecule has 0 bridgehead atoms. The molecule has 0 saturated carbocycles. The van der Waals surface area contributed by atoms with Crippen LogP contribution in [-0.4, -0.2) is 35.2 Å². The average molecular weight is 262 g/mol. The number of fused-ring (bicyclic) bond motifs is 1. The molecule has 0 saturated heterocycles. The van der Waals surface area contributed by atoms with Crippen LogP contribution < -0.4 is 19.9 Å². The Balaban J connectivity index is 2.19. The minimum absolute atomic E-state index is 0.0390. The molecule has 0 fully saturated rings. The van der Waals surface area contributed by atoms with Gasteiger partial charge in [0.15, 0.2) is 17.2 Å². The molecule has 0 aliphatic carbocycles. The summed E-state index contributed by atoms with van der Waals surface area (Å²) in [6.07, 6.45) is 0. The minimum Gasteiger partial charge on any atom is -0.496 e. The number of methoxy groups -OCH3 is 1. The summed E-state index contributed by atoms with van der Waals surface area (Å²) in [5.41, 5.74) is 6.14. The summed E-state index contributed by atoms with van der Waals surface area (Å²) in [5, 5.41) is 10.0. The predicted octanol–water partition coefficient (Wildman–Crippen LogP) is 0.308. The topological polar surface area (TPSA) is 112 Å². The number of aromatic amines is 1. The highest BCUT2D eigenvalue weighted by Crippen LogP contribution is 2.42. The minimum atomic E-state index is -0.677. The number of primary amides is 1. The first kappa shape index (κ1) is 11.3. The molecule has 0 atom stereocenters. The Hall–Kier alpha value is -2.77. The summed E-state index contributed by atoms with van der Waals surface area (Å²) >= 11 is 0. The second kappa shape index (κ2) is 4.16. The van der Waals surface area contributed by atoms with Gasteiger partial charge in [0.2, 0.25) is 6.79 Å². The van der Waals surface area contributed by atoms with Crippen molar-refractivity contribution in [3.8, 4) is 28.5 Å². The van der Waals surface area contributed by atoms with E-state index >= 15 is 0 Å². The lowest BCUT2D eigenvalue weighted by atomic mass is 10.1. The van der Waals surface area contributed by atoms with E-state index in [1.807, 2.05) is 0 Å². The number of H-pyrrole nitrogens is 1. The lowest BCUT2D eigenvalue weighted by Gasteiger charge is -2.08. The van der Waals surface area contributed by atoms with Gasteiger partial charge in [-0.25, -0.2) is 0 Å². The van der Waals surface area contributed by atoms with Crippen molar-refractivity contribution >= 4 is 5.91 Å². The second-order valence-corrected chi connectivity index (χ2v) is 3.79. The van der Waals surface area contributed by atoms with E-state index in [1.54, 1.807) is 12.1 Å². The van der Waals surface area contributed by atoms with E-state index in [4.69, 9.17) is 19.9 Å². The first-order valence-electron chi connectivity index (χ1n) is 5.39. The Morgan fingerprint density at radius 3 is 2.79 bits per heavy atom. The van der Waals surface area contributed by atoms with Gasteiger partial charge in [-0.15, -0.1) is 0 Å². The molecule has 3 rings (SSSR count). The summed E-state index contributed by atoms with van der Waals surface area (Å²) in [4.78, 5) is 11.3. The van der Waals surface area contributed by atoms with Gasteiger partial charge in [0.1, 0.15) is 11.4 Å². The molecule has 1 aliphatic heterocycles. The average Bonchev–Trinajstić information content (AvgIpc) is 3.05. The third kappa shape index (κ3) is 1.73. The predicted molar refractivity (Wildman–Crippen MR) is 63.0 cm³/mol. The van der Waals surface area contributed by atoms with Gasteiger partial charge >= 0.3 is 0 Å². The third-order valence-electron chi connectivity index (χ3n) is 2.73. The molecule has 0 spiro atoms. The maximum Gasteiger partial charge on any atom is 0.271 e. The monoisotopic (exact) mass is 262 g/mol. The normalized spacial score (nSPS) is 12.5. The molecule has 2 heterocycles. The van der Waals surface area contributed by atoms with Gasteiger partial charge in [0.25, 0.3) is 5.91 Å². The first-order valence-corrected chi connectivity index (χ1v) is 5.39. The Kier molecular flexibility index (Phi) is 2.48. The van der Waals surface area contributed by atoms with Gasteiger partial charge in [-0.05, 0) is 6.07 Å². The van der Waals surface area contributed by atoms with Crippen molar-refractivity contribution in [1.82, 2.24) is 15.4 Å². The Labute approximate surface area is 107 Å². The van der Waals surface area contributed by atoms with Gasteiger partial charge in [-0.3, -0.25) is 4.79 Å². The van der Waals surface area contributed by atoms with E-state index in [2.05, 4.69) is 15.4 Å². The fourth-order valence-electron chi connectivity index (χ4n) is 1.87. The van der Waals surface area contributed by atoms with Crippen LogP contribution in [0.5, 0.6) is 17.2 Å². The van der Waals surface area contributed by atoms with Crippen molar-refractivity contribution in [3.63, 3.8) is 0 Å². The number of carbonyl (C=O) groups is 1. The van der Waals surface area contributed by atoms with E-state index in [1.165, 1.54) is 7.11 Å². The summed E-state index contributed by atoms with van der Waals surface area (Å²) in [5.74, 6) is 0.933. The van der Waals surface area contributed by atoms with E-state index in [-0.39, 0.29) is 12.5 Å². The van der Waals surface area contributed by atoms with Crippen LogP contribution in [0.15, 0.2) is 12.1 Å². The molecule has 0 radical (unpaired) electrons.